The summed E-state index contributed by atoms with van der Waals surface area (Å²) >= 11 is 2.91. The highest BCUT2D eigenvalue weighted by molar-refractivity contribution is 9.10. The summed E-state index contributed by atoms with van der Waals surface area (Å²) < 4.78 is 38.5. The van der Waals surface area contributed by atoms with Crippen molar-refractivity contribution in [3.05, 3.63) is 63.9 Å². The molecule has 1 aromatic carbocycles. The van der Waals surface area contributed by atoms with Gasteiger partial charge in [-0.25, -0.2) is 0 Å². The second-order valence-electron chi connectivity index (χ2n) is 4.37. The number of aromatic nitrogens is 1. The maximum atomic E-state index is 12.8. The number of halogens is 4. The first-order valence-corrected chi connectivity index (χ1v) is 6.69. The van der Waals surface area contributed by atoms with E-state index in [0.29, 0.717) is 12.0 Å². The fourth-order valence-corrected chi connectivity index (χ4v) is 2.32. The summed E-state index contributed by atoms with van der Waals surface area (Å²) in [5, 5.41) is 0. The van der Waals surface area contributed by atoms with Crippen molar-refractivity contribution in [2.24, 2.45) is 5.73 Å². The van der Waals surface area contributed by atoms with Crippen LogP contribution in [0.4, 0.5) is 13.2 Å². The van der Waals surface area contributed by atoms with Crippen molar-refractivity contribution in [3.8, 4) is 0 Å². The van der Waals surface area contributed by atoms with Crippen molar-refractivity contribution in [1.82, 2.24) is 4.98 Å². The molecule has 2 rings (SSSR count). The number of alkyl halides is 3. The fraction of sp³-hybridized carbons (Fsp3) is 0.214. The number of hydrogen-bond donors (Lipinski definition) is 1. The molecular formula is C14H12BrF3N2. The third-order valence-electron chi connectivity index (χ3n) is 2.88. The monoisotopic (exact) mass is 344 g/mol. The van der Waals surface area contributed by atoms with Crippen LogP contribution in [-0.2, 0) is 12.6 Å². The van der Waals surface area contributed by atoms with E-state index in [0.717, 1.165) is 11.8 Å². The third-order valence-corrected chi connectivity index (χ3v) is 3.57. The van der Waals surface area contributed by atoms with E-state index in [1.807, 2.05) is 6.07 Å². The lowest BCUT2D eigenvalue weighted by molar-refractivity contribution is -0.138. The van der Waals surface area contributed by atoms with Gasteiger partial charge in [-0.1, -0.05) is 28.1 Å². The van der Waals surface area contributed by atoms with E-state index < -0.39 is 17.8 Å². The Morgan fingerprint density at radius 3 is 2.55 bits per heavy atom. The number of benzene rings is 1. The van der Waals surface area contributed by atoms with Gasteiger partial charge >= 0.3 is 6.18 Å². The summed E-state index contributed by atoms with van der Waals surface area (Å²) in [6.45, 7) is 0. The summed E-state index contributed by atoms with van der Waals surface area (Å²) in [6.07, 6.45) is -2.38. The van der Waals surface area contributed by atoms with Crippen LogP contribution in [0.15, 0.2) is 47.1 Å². The average Bonchev–Trinajstić information content (AvgIpc) is 2.39. The molecule has 0 aliphatic heterocycles. The zero-order chi connectivity index (χ0) is 14.8. The van der Waals surface area contributed by atoms with Gasteiger partial charge in [0.2, 0.25) is 0 Å². The van der Waals surface area contributed by atoms with Gasteiger partial charge in [0, 0.05) is 28.8 Å². The maximum absolute atomic E-state index is 12.8. The van der Waals surface area contributed by atoms with Crippen molar-refractivity contribution in [1.29, 1.82) is 0 Å². The average molecular weight is 345 g/mol. The molecule has 0 saturated carbocycles. The largest absolute Gasteiger partial charge is 0.417 e. The first kappa shape index (κ1) is 15.0. The lowest BCUT2D eigenvalue weighted by Gasteiger charge is -2.15. The van der Waals surface area contributed by atoms with Gasteiger partial charge in [0.15, 0.2) is 0 Å². The standard InChI is InChI=1S/C14H12BrF3N2/c15-12-5-4-9(7-11(12)14(16,17)18)13(19)8-10-3-1-2-6-20-10/h1-7,13H,8,19H2. The van der Waals surface area contributed by atoms with Crippen LogP contribution in [0.5, 0.6) is 0 Å². The van der Waals surface area contributed by atoms with Crippen molar-refractivity contribution in [2.75, 3.05) is 0 Å². The van der Waals surface area contributed by atoms with E-state index in [-0.39, 0.29) is 4.47 Å². The lowest BCUT2D eigenvalue weighted by Crippen LogP contribution is -2.16. The molecule has 1 unspecified atom stereocenters. The van der Waals surface area contributed by atoms with Crippen LogP contribution in [0.3, 0.4) is 0 Å². The second-order valence-corrected chi connectivity index (χ2v) is 5.22. The molecule has 2 aromatic rings. The molecule has 2 N–H and O–H groups in total. The van der Waals surface area contributed by atoms with Crippen LogP contribution in [0.25, 0.3) is 0 Å². The van der Waals surface area contributed by atoms with Gasteiger partial charge in [-0.3, -0.25) is 4.98 Å². The summed E-state index contributed by atoms with van der Waals surface area (Å²) in [6, 6.07) is 8.90. The Morgan fingerprint density at radius 2 is 1.95 bits per heavy atom. The second kappa shape index (κ2) is 5.93. The zero-order valence-electron chi connectivity index (χ0n) is 10.4. The number of pyridine rings is 1. The van der Waals surface area contributed by atoms with E-state index in [9.17, 15) is 13.2 Å². The minimum Gasteiger partial charge on any atom is -0.324 e. The smallest absolute Gasteiger partial charge is 0.324 e. The molecule has 0 aliphatic rings. The normalized spacial score (nSPS) is 13.2. The minimum atomic E-state index is -4.40. The van der Waals surface area contributed by atoms with Crippen molar-refractivity contribution >= 4 is 15.9 Å². The van der Waals surface area contributed by atoms with Crippen molar-refractivity contribution in [3.63, 3.8) is 0 Å². The molecule has 0 radical (unpaired) electrons. The van der Waals surface area contributed by atoms with Crippen LogP contribution >= 0.6 is 15.9 Å². The van der Waals surface area contributed by atoms with Gasteiger partial charge in [0.1, 0.15) is 0 Å². The predicted molar refractivity (Wildman–Crippen MR) is 74.0 cm³/mol. The molecular weight excluding hydrogens is 333 g/mol. The molecule has 0 spiro atoms. The maximum Gasteiger partial charge on any atom is 0.417 e. The molecule has 0 amide bonds. The first-order valence-electron chi connectivity index (χ1n) is 5.90. The Morgan fingerprint density at radius 1 is 1.20 bits per heavy atom. The fourth-order valence-electron chi connectivity index (χ4n) is 1.85. The van der Waals surface area contributed by atoms with E-state index in [1.165, 1.54) is 6.07 Å². The molecule has 6 heteroatoms. The van der Waals surface area contributed by atoms with Crippen molar-refractivity contribution < 1.29 is 13.2 Å². The Balaban J connectivity index is 2.25. The SMILES string of the molecule is NC(Cc1ccccn1)c1ccc(Br)c(C(F)(F)F)c1. The molecule has 106 valence electrons. The number of rotatable bonds is 3. The number of hydrogen-bond acceptors (Lipinski definition) is 2. The highest BCUT2D eigenvalue weighted by Gasteiger charge is 2.33. The molecule has 0 aliphatic carbocycles. The summed E-state index contributed by atoms with van der Waals surface area (Å²) in [4.78, 5) is 4.12. The molecule has 1 aromatic heterocycles. The van der Waals surface area contributed by atoms with Gasteiger partial charge < -0.3 is 5.73 Å². The van der Waals surface area contributed by atoms with Crippen LogP contribution in [0, 0.1) is 0 Å². The molecule has 0 bridgehead atoms. The highest BCUT2D eigenvalue weighted by atomic mass is 79.9. The molecule has 2 nitrogen and oxygen atoms in total. The van der Waals surface area contributed by atoms with Gasteiger partial charge in [0.25, 0.3) is 0 Å². The molecule has 1 atom stereocenters. The minimum absolute atomic E-state index is 0.0128. The molecule has 1 heterocycles. The number of nitrogens with zero attached hydrogens (tertiary/aromatic N) is 1. The Labute approximate surface area is 123 Å². The summed E-state index contributed by atoms with van der Waals surface area (Å²) in [7, 11) is 0. The van der Waals surface area contributed by atoms with Crippen molar-refractivity contribution in [2.45, 2.75) is 18.6 Å². The van der Waals surface area contributed by atoms with Crippen LogP contribution in [0.2, 0.25) is 0 Å². The predicted octanol–water partition coefficient (Wildman–Crippen LogP) is 4.11. The zero-order valence-corrected chi connectivity index (χ0v) is 11.9. The number of nitrogens with two attached hydrogens (primary N) is 1. The van der Waals surface area contributed by atoms with E-state index in [4.69, 9.17) is 5.73 Å². The van der Waals surface area contributed by atoms with Gasteiger partial charge in [-0.05, 0) is 29.8 Å². The van der Waals surface area contributed by atoms with E-state index in [2.05, 4.69) is 20.9 Å². The van der Waals surface area contributed by atoms with E-state index in [1.54, 1.807) is 24.4 Å². The molecule has 20 heavy (non-hydrogen) atoms. The lowest BCUT2D eigenvalue weighted by atomic mass is 10.0. The van der Waals surface area contributed by atoms with Gasteiger partial charge in [0.05, 0.1) is 5.56 Å². The quantitative estimate of drug-likeness (QED) is 0.910. The van der Waals surface area contributed by atoms with Crippen LogP contribution in [-0.4, -0.2) is 4.98 Å². The Bertz CT molecular complexity index is 585. The van der Waals surface area contributed by atoms with Crippen LogP contribution < -0.4 is 5.73 Å². The van der Waals surface area contributed by atoms with Crippen LogP contribution in [0.1, 0.15) is 22.9 Å². The highest BCUT2D eigenvalue weighted by Crippen LogP contribution is 2.36. The first-order chi connectivity index (χ1) is 9.38. The summed E-state index contributed by atoms with van der Waals surface area (Å²) in [5.74, 6) is 0. The van der Waals surface area contributed by atoms with Gasteiger partial charge in [-0.2, -0.15) is 13.2 Å². The van der Waals surface area contributed by atoms with Gasteiger partial charge in [-0.15, -0.1) is 0 Å². The molecule has 0 saturated heterocycles. The summed E-state index contributed by atoms with van der Waals surface area (Å²) in [5.41, 5.74) is 6.43. The molecule has 0 fully saturated rings. The Kier molecular flexibility index (Phi) is 4.45. The Hall–Kier alpha value is -1.40. The third kappa shape index (κ3) is 3.58. The van der Waals surface area contributed by atoms with E-state index >= 15 is 0 Å². The topological polar surface area (TPSA) is 38.9 Å².